The van der Waals surface area contributed by atoms with Gasteiger partial charge in [-0.3, -0.25) is 0 Å². The Labute approximate surface area is 100 Å². The van der Waals surface area contributed by atoms with E-state index < -0.39 is 0 Å². The number of aromatic nitrogens is 1. The molecule has 2 rings (SSSR count). The summed E-state index contributed by atoms with van der Waals surface area (Å²) in [5.41, 5.74) is 0.652. The van der Waals surface area contributed by atoms with Crippen LogP contribution in [0.5, 0.6) is 0 Å². The van der Waals surface area contributed by atoms with Gasteiger partial charge in [0.1, 0.15) is 0 Å². The van der Waals surface area contributed by atoms with Gasteiger partial charge in [0.2, 0.25) is 5.95 Å². The molecule has 1 unspecified atom stereocenters. The molecular formula is C12H16ClFN2. The zero-order chi connectivity index (χ0) is 11.5. The highest BCUT2D eigenvalue weighted by Gasteiger charge is 2.24. The fourth-order valence-electron chi connectivity index (χ4n) is 2.36. The molecule has 1 aliphatic heterocycles. The van der Waals surface area contributed by atoms with E-state index >= 15 is 0 Å². The molecule has 16 heavy (non-hydrogen) atoms. The maximum atomic E-state index is 13.6. The van der Waals surface area contributed by atoms with Gasteiger partial charge in [-0.25, -0.2) is 4.98 Å². The van der Waals surface area contributed by atoms with E-state index in [0.717, 1.165) is 25.9 Å². The Hall–Kier alpha value is -0.670. The minimum Gasteiger partial charge on any atom is -0.317 e. The lowest BCUT2D eigenvalue weighted by molar-refractivity contribution is 0.323. The first-order chi connectivity index (χ1) is 7.68. The highest BCUT2D eigenvalue weighted by atomic mass is 35.5. The number of hydrogen-bond acceptors (Lipinski definition) is 2. The molecule has 2 heterocycles. The highest BCUT2D eigenvalue weighted by molar-refractivity contribution is 6.30. The molecule has 1 aliphatic rings. The van der Waals surface area contributed by atoms with Gasteiger partial charge >= 0.3 is 0 Å². The van der Waals surface area contributed by atoms with Crippen LogP contribution in [-0.2, 0) is 0 Å². The van der Waals surface area contributed by atoms with E-state index in [4.69, 9.17) is 11.6 Å². The summed E-state index contributed by atoms with van der Waals surface area (Å²) in [6, 6.07) is 1.70. The van der Waals surface area contributed by atoms with Crippen LogP contribution >= 0.6 is 11.6 Å². The van der Waals surface area contributed by atoms with Crippen LogP contribution in [0.1, 0.15) is 31.2 Å². The predicted octanol–water partition coefficient (Wildman–Crippen LogP) is 2.98. The van der Waals surface area contributed by atoms with Crippen molar-refractivity contribution in [2.45, 2.75) is 25.7 Å². The number of hydrogen-bond donors (Lipinski definition) is 1. The van der Waals surface area contributed by atoms with Crippen molar-refractivity contribution in [3.8, 4) is 0 Å². The molecule has 0 bridgehead atoms. The predicted molar refractivity (Wildman–Crippen MR) is 63.2 cm³/mol. The molecule has 88 valence electrons. The van der Waals surface area contributed by atoms with Crippen LogP contribution in [0.4, 0.5) is 4.39 Å². The van der Waals surface area contributed by atoms with Crippen molar-refractivity contribution >= 4 is 11.6 Å². The molecule has 1 atom stereocenters. The van der Waals surface area contributed by atoms with E-state index in [1.807, 2.05) is 0 Å². The van der Waals surface area contributed by atoms with E-state index in [1.54, 1.807) is 6.07 Å². The maximum Gasteiger partial charge on any atom is 0.216 e. The Bertz CT molecular complexity index is 364. The summed E-state index contributed by atoms with van der Waals surface area (Å²) in [7, 11) is 0. The number of nitrogens with zero attached hydrogens (tertiary/aromatic N) is 1. The van der Waals surface area contributed by atoms with Gasteiger partial charge in [-0.15, -0.1) is 0 Å². The molecule has 2 nitrogen and oxygen atoms in total. The van der Waals surface area contributed by atoms with E-state index in [-0.39, 0.29) is 11.9 Å². The maximum absolute atomic E-state index is 13.6. The Morgan fingerprint density at radius 3 is 2.88 bits per heavy atom. The van der Waals surface area contributed by atoms with Gasteiger partial charge in [0.15, 0.2) is 0 Å². The first-order valence-electron chi connectivity index (χ1n) is 5.70. The van der Waals surface area contributed by atoms with Crippen LogP contribution in [0.25, 0.3) is 0 Å². The average Bonchev–Trinajstić information content (AvgIpc) is 2.32. The van der Waals surface area contributed by atoms with Gasteiger partial charge in [-0.2, -0.15) is 4.39 Å². The van der Waals surface area contributed by atoms with Gasteiger partial charge < -0.3 is 5.32 Å². The summed E-state index contributed by atoms with van der Waals surface area (Å²) in [4.78, 5) is 3.68. The minimum absolute atomic E-state index is 0.188. The number of piperidine rings is 1. The number of rotatable bonds is 2. The molecule has 0 aromatic carbocycles. The average molecular weight is 243 g/mol. The van der Waals surface area contributed by atoms with Crippen molar-refractivity contribution in [2.75, 3.05) is 13.1 Å². The van der Waals surface area contributed by atoms with Crippen LogP contribution in [0, 0.1) is 11.9 Å². The molecule has 0 amide bonds. The zero-order valence-electron chi connectivity index (χ0n) is 9.34. The van der Waals surface area contributed by atoms with E-state index in [2.05, 4.69) is 17.2 Å². The Kier molecular flexibility index (Phi) is 3.77. The lowest BCUT2D eigenvalue weighted by atomic mass is 9.82. The van der Waals surface area contributed by atoms with Crippen molar-refractivity contribution in [3.63, 3.8) is 0 Å². The normalized spacial score (nSPS) is 19.7. The van der Waals surface area contributed by atoms with Gasteiger partial charge in [-0.1, -0.05) is 18.5 Å². The number of nitrogens with one attached hydrogen (secondary N) is 1. The quantitative estimate of drug-likeness (QED) is 0.807. The first-order valence-corrected chi connectivity index (χ1v) is 6.08. The molecule has 4 heteroatoms. The van der Waals surface area contributed by atoms with Gasteiger partial charge in [-0.05, 0) is 43.8 Å². The third-order valence-corrected chi connectivity index (χ3v) is 3.62. The molecule has 1 fully saturated rings. The molecule has 0 aliphatic carbocycles. The van der Waals surface area contributed by atoms with E-state index in [1.165, 1.54) is 6.20 Å². The molecule has 1 saturated heterocycles. The highest BCUT2D eigenvalue weighted by Crippen LogP contribution is 2.32. The summed E-state index contributed by atoms with van der Waals surface area (Å²) in [6.07, 6.45) is 3.54. The lowest BCUT2D eigenvalue weighted by Gasteiger charge is -2.28. The molecular weight excluding hydrogens is 227 g/mol. The van der Waals surface area contributed by atoms with Gasteiger partial charge in [0.05, 0.1) is 5.02 Å². The van der Waals surface area contributed by atoms with Crippen molar-refractivity contribution in [3.05, 3.63) is 28.8 Å². The van der Waals surface area contributed by atoms with Crippen molar-refractivity contribution in [1.29, 1.82) is 0 Å². The largest absolute Gasteiger partial charge is 0.317 e. The van der Waals surface area contributed by atoms with Crippen LogP contribution in [0.15, 0.2) is 12.3 Å². The third kappa shape index (κ3) is 2.53. The number of pyridine rings is 1. The molecule has 0 radical (unpaired) electrons. The summed E-state index contributed by atoms with van der Waals surface area (Å²) in [6.45, 7) is 4.10. The van der Waals surface area contributed by atoms with Crippen LogP contribution < -0.4 is 5.32 Å². The standard InChI is InChI=1S/C12H16ClFN2/c1-8(9-2-4-15-5-3-9)11-6-10(13)7-16-12(11)14/h6-9,15H,2-5H2,1H3. The smallest absolute Gasteiger partial charge is 0.216 e. The van der Waals surface area contributed by atoms with Crippen molar-refractivity contribution < 1.29 is 4.39 Å². The first kappa shape index (κ1) is 11.8. The minimum atomic E-state index is -0.379. The summed E-state index contributed by atoms with van der Waals surface area (Å²) < 4.78 is 13.6. The van der Waals surface area contributed by atoms with Crippen LogP contribution in [-0.4, -0.2) is 18.1 Å². The summed E-state index contributed by atoms with van der Waals surface area (Å²) >= 11 is 5.86. The summed E-state index contributed by atoms with van der Waals surface area (Å²) in [5, 5.41) is 3.82. The molecule has 1 aromatic rings. The fraction of sp³-hybridized carbons (Fsp3) is 0.583. The van der Waals surface area contributed by atoms with Gasteiger partial charge in [0.25, 0.3) is 0 Å². The second-order valence-corrected chi connectivity index (χ2v) is 4.85. The molecule has 0 saturated carbocycles. The van der Waals surface area contributed by atoms with Gasteiger partial charge in [0, 0.05) is 11.8 Å². The molecule has 1 N–H and O–H groups in total. The third-order valence-electron chi connectivity index (χ3n) is 3.41. The summed E-state index contributed by atoms with van der Waals surface area (Å²) in [5.74, 6) is 0.333. The van der Waals surface area contributed by atoms with E-state index in [9.17, 15) is 4.39 Å². The zero-order valence-corrected chi connectivity index (χ0v) is 10.1. The fourth-order valence-corrected chi connectivity index (χ4v) is 2.52. The molecule has 0 spiro atoms. The second-order valence-electron chi connectivity index (χ2n) is 4.41. The topological polar surface area (TPSA) is 24.9 Å². The SMILES string of the molecule is CC(c1cc(Cl)cnc1F)C1CCNCC1. The van der Waals surface area contributed by atoms with Crippen molar-refractivity contribution in [1.82, 2.24) is 10.3 Å². The monoisotopic (exact) mass is 242 g/mol. The Balaban J connectivity index is 2.18. The van der Waals surface area contributed by atoms with Crippen LogP contribution in [0.3, 0.4) is 0 Å². The lowest BCUT2D eigenvalue weighted by Crippen LogP contribution is -2.30. The Morgan fingerprint density at radius 2 is 2.19 bits per heavy atom. The molecule has 1 aromatic heterocycles. The number of halogens is 2. The van der Waals surface area contributed by atoms with E-state index in [0.29, 0.717) is 16.5 Å². The van der Waals surface area contributed by atoms with Crippen molar-refractivity contribution in [2.24, 2.45) is 5.92 Å². The van der Waals surface area contributed by atoms with Crippen LogP contribution in [0.2, 0.25) is 5.02 Å². The Morgan fingerprint density at radius 1 is 1.50 bits per heavy atom. The second kappa shape index (κ2) is 5.11.